The van der Waals surface area contributed by atoms with E-state index in [1.165, 1.54) is 10.5 Å². The zero-order chi connectivity index (χ0) is 14.0. The molecule has 6 nitrogen and oxygen atoms in total. The van der Waals surface area contributed by atoms with Crippen LogP contribution in [0.5, 0.6) is 0 Å². The van der Waals surface area contributed by atoms with Gasteiger partial charge in [-0.25, -0.2) is 8.42 Å². The normalized spacial score (nSPS) is 19.2. The Bertz CT molecular complexity index is 523. The maximum absolute atomic E-state index is 12.5. The third-order valence-corrected chi connectivity index (χ3v) is 5.88. The summed E-state index contributed by atoms with van der Waals surface area (Å²) in [5.74, 6) is 0.131. The van der Waals surface area contributed by atoms with E-state index in [0.29, 0.717) is 5.56 Å². The Labute approximate surface area is 118 Å². The number of halogens is 1. The first-order chi connectivity index (χ1) is 8.96. The predicted molar refractivity (Wildman–Crippen MR) is 73.6 cm³/mol. The van der Waals surface area contributed by atoms with Crippen molar-refractivity contribution >= 4 is 21.6 Å². The summed E-state index contributed by atoms with van der Waals surface area (Å²) >= 11 is 5.74. The van der Waals surface area contributed by atoms with E-state index in [-0.39, 0.29) is 16.9 Å². The van der Waals surface area contributed by atoms with Gasteiger partial charge in [-0.2, -0.15) is 9.40 Å². The van der Waals surface area contributed by atoms with E-state index < -0.39 is 10.0 Å². The summed E-state index contributed by atoms with van der Waals surface area (Å²) in [6.45, 7) is 1.83. The van der Waals surface area contributed by atoms with Crippen molar-refractivity contribution in [1.29, 1.82) is 0 Å². The van der Waals surface area contributed by atoms with Crippen molar-refractivity contribution in [3.05, 3.63) is 11.8 Å². The number of rotatable bonds is 4. The minimum Gasteiger partial charge on any atom is -0.306 e. The topological polar surface area (TPSA) is 69.3 Å². The first kappa shape index (κ1) is 14.8. The fourth-order valence-corrected chi connectivity index (χ4v) is 4.11. The number of nitrogens with zero attached hydrogens (tertiary/aromatic N) is 3. The first-order valence-corrected chi connectivity index (χ1v) is 8.19. The van der Waals surface area contributed by atoms with Crippen molar-refractivity contribution < 1.29 is 8.42 Å². The summed E-state index contributed by atoms with van der Waals surface area (Å²) in [7, 11) is 0.133. The zero-order valence-corrected chi connectivity index (χ0v) is 12.7. The van der Waals surface area contributed by atoms with Gasteiger partial charge in [0.2, 0.25) is 0 Å². The molecule has 0 saturated carbocycles. The molecule has 1 aliphatic heterocycles. The maximum atomic E-state index is 12.5. The van der Waals surface area contributed by atoms with Crippen LogP contribution in [0.2, 0.25) is 0 Å². The third-order valence-electron chi connectivity index (χ3n) is 3.66. The number of piperidine rings is 1. The van der Waals surface area contributed by atoms with Gasteiger partial charge in [0.1, 0.15) is 0 Å². The fraction of sp³-hybridized carbons (Fsp3) is 0.727. The van der Waals surface area contributed by atoms with Crippen LogP contribution in [0.1, 0.15) is 18.4 Å². The molecular formula is C11H19ClN4O2S. The van der Waals surface area contributed by atoms with Gasteiger partial charge in [0.05, 0.1) is 12.1 Å². The number of likely N-dealkylation sites (tertiary alicyclic amines) is 1. The molecule has 1 aromatic rings. The van der Waals surface area contributed by atoms with E-state index in [1.807, 2.05) is 7.05 Å². The Kier molecular flexibility index (Phi) is 4.50. The molecule has 1 fully saturated rings. The minimum absolute atomic E-state index is 0.0349. The van der Waals surface area contributed by atoms with Crippen LogP contribution in [0.3, 0.4) is 0 Å². The van der Waals surface area contributed by atoms with Crippen LogP contribution in [0.25, 0.3) is 0 Å². The van der Waals surface area contributed by atoms with Crippen molar-refractivity contribution in [2.24, 2.45) is 0 Å². The molecule has 1 aliphatic rings. The van der Waals surface area contributed by atoms with Gasteiger partial charge in [-0.1, -0.05) is 0 Å². The fourth-order valence-electron chi connectivity index (χ4n) is 2.32. The Morgan fingerprint density at radius 3 is 2.74 bits per heavy atom. The summed E-state index contributed by atoms with van der Waals surface area (Å²) in [4.78, 5) is 2.21. The standard InChI is InChI=1S/C11H19ClN4O2S/c1-15-5-3-10(4-6-15)16(2)19(17,18)11-9(7-12)8-13-14-11/h8,10H,3-7H2,1-2H3,(H,13,14). The zero-order valence-electron chi connectivity index (χ0n) is 11.1. The van der Waals surface area contributed by atoms with Crippen molar-refractivity contribution in [2.45, 2.75) is 29.8 Å². The number of alkyl halides is 1. The second-order valence-electron chi connectivity index (χ2n) is 4.91. The lowest BCUT2D eigenvalue weighted by Gasteiger charge is -2.34. The first-order valence-electron chi connectivity index (χ1n) is 6.21. The molecule has 0 aliphatic carbocycles. The van der Waals surface area contributed by atoms with Gasteiger partial charge in [-0.3, -0.25) is 5.10 Å². The number of aromatic nitrogens is 2. The average molecular weight is 307 g/mol. The summed E-state index contributed by atoms with van der Waals surface area (Å²) in [6, 6.07) is 0.0349. The van der Waals surface area contributed by atoms with Gasteiger partial charge >= 0.3 is 0 Å². The summed E-state index contributed by atoms with van der Waals surface area (Å²) in [6.07, 6.45) is 3.15. The van der Waals surface area contributed by atoms with Crippen LogP contribution >= 0.6 is 11.6 Å². The van der Waals surface area contributed by atoms with E-state index in [9.17, 15) is 8.42 Å². The highest BCUT2D eigenvalue weighted by atomic mass is 35.5. The molecule has 2 rings (SSSR count). The third kappa shape index (κ3) is 2.94. The highest BCUT2D eigenvalue weighted by molar-refractivity contribution is 7.89. The van der Waals surface area contributed by atoms with E-state index in [0.717, 1.165) is 25.9 Å². The van der Waals surface area contributed by atoms with E-state index in [1.54, 1.807) is 7.05 Å². The van der Waals surface area contributed by atoms with Gasteiger partial charge in [0.15, 0.2) is 5.03 Å². The molecule has 0 unspecified atom stereocenters. The molecular weight excluding hydrogens is 288 g/mol. The molecule has 0 bridgehead atoms. The molecule has 1 aromatic heterocycles. The number of sulfonamides is 1. The second-order valence-corrected chi connectivity index (χ2v) is 7.12. The molecule has 1 N–H and O–H groups in total. The molecule has 8 heteroatoms. The number of H-pyrrole nitrogens is 1. The largest absolute Gasteiger partial charge is 0.306 e. The van der Waals surface area contributed by atoms with Crippen LogP contribution in [0.4, 0.5) is 0 Å². The van der Waals surface area contributed by atoms with Crippen LogP contribution in [-0.2, 0) is 15.9 Å². The molecule has 0 amide bonds. The molecule has 2 heterocycles. The van der Waals surface area contributed by atoms with E-state index in [4.69, 9.17) is 11.6 Å². The maximum Gasteiger partial charge on any atom is 0.260 e. The van der Waals surface area contributed by atoms with Crippen LogP contribution in [0.15, 0.2) is 11.2 Å². The molecule has 0 atom stereocenters. The molecule has 19 heavy (non-hydrogen) atoms. The SMILES string of the molecule is CN1CCC(N(C)S(=O)(=O)c2[nH]ncc2CCl)CC1. The number of aromatic amines is 1. The smallest absolute Gasteiger partial charge is 0.260 e. The lowest BCUT2D eigenvalue weighted by Crippen LogP contribution is -2.44. The van der Waals surface area contributed by atoms with Crippen LogP contribution < -0.4 is 0 Å². The van der Waals surface area contributed by atoms with Crippen LogP contribution in [0, 0.1) is 0 Å². The number of nitrogens with one attached hydrogen (secondary N) is 1. The number of hydrogen-bond donors (Lipinski definition) is 1. The Morgan fingerprint density at radius 2 is 2.16 bits per heavy atom. The number of hydrogen-bond acceptors (Lipinski definition) is 4. The van der Waals surface area contributed by atoms with Crippen molar-refractivity contribution in [3.63, 3.8) is 0 Å². The lowest BCUT2D eigenvalue weighted by molar-refractivity contribution is 0.197. The Balaban J connectivity index is 2.20. The molecule has 0 radical (unpaired) electrons. The summed E-state index contributed by atoms with van der Waals surface area (Å²) in [5, 5.41) is 6.44. The lowest BCUT2D eigenvalue weighted by atomic mass is 10.1. The molecule has 1 saturated heterocycles. The van der Waals surface area contributed by atoms with Gasteiger partial charge in [0, 0.05) is 18.7 Å². The van der Waals surface area contributed by atoms with Gasteiger partial charge in [-0.05, 0) is 33.0 Å². The van der Waals surface area contributed by atoms with Crippen LogP contribution in [-0.4, -0.2) is 61.0 Å². The quantitative estimate of drug-likeness (QED) is 0.838. The van der Waals surface area contributed by atoms with Crippen molar-refractivity contribution in [2.75, 3.05) is 27.2 Å². The second kappa shape index (κ2) is 5.78. The molecule has 0 spiro atoms. The molecule has 0 aromatic carbocycles. The van der Waals surface area contributed by atoms with Gasteiger partial charge in [-0.15, -0.1) is 11.6 Å². The summed E-state index contributed by atoms with van der Waals surface area (Å²) < 4.78 is 26.5. The van der Waals surface area contributed by atoms with E-state index >= 15 is 0 Å². The van der Waals surface area contributed by atoms with Crippen molar-refractivity contribution in [1.82, 2.24) is 19.4 Å². The monoisotopic (exact) mass is 306 g/mol. The van der Waals surface area contributed by atoms with E-state index in [2.05, 4.69) is 15.1 Å². The summed E-state index contributed by atoms with van der Waals surface area (Å²) in [5.41, 5.74) is 0.515. The average Bonchev–Trinajstić information content (AvgIpc) is 2.87. The molecule has 108 valence electrons. The Hall–Kier alpha value is -0.630. The highest BCUT2D eigenvalue weighted by Crippen LogP contribution is 2.23. The minimum atomic E-state index is -3.54. The van der Waals surface area contributed by atoms with Gasteiger partial charge < -0.3 is 4.90 Å². The van der Waals surface area contributed by atoms with Crippen molar-refractivity contribution in [3.8, 4) is 0 Å². The predicted octanol–water partition coefficient (Wildman–Crippen LogP) is 0.863. The van der Waals surface area contributed by atoms with Gasteiger partial charge in [0.25, 0.3) is 10.0 Å². The Morgan fingerprint density at radius 1 is 1.53 bits per heavy atom. The highest BCUT2D eigenvalue weighted by Gasteiger charge is 2.32.